The van der Waals surface area contributed by atoms with Crippen LogP contribution in [0.1, 0.15) is 5.56 Å². The molecule has 0 aromatic heterocycles. The highest BCUT2D eigenvalue weighted by Crippen LogP contribution is 2.27. The summed E-state index contributed by atoms with van der Waals surface area (Å²) in [4.78, 5) is 12.9. The van der Waals surface area contributed by atoms with Gasteiger partial charge in [0.1, 0.15) is 0 Å². The lowest BCUT2D eigenvalue weighted by atomic mass is 10.1. The summed E-state index contributed by atoms with van der Waals surface area (Å²) < 4.78 is 10.5. The molecule has 2 rings (SSSR count). The van der Waals surface area contributed by atoms with Crippen molar-refractivity contribution in [3.8, 4) is 11.5 Å². The van der Waals surface area contributed by atoms with Crippen LogP contribution in [0.15, 0.2) is 47.4 Å². The number of rotatable bonds is 8. The number of methoxy groups -OCH3 is 2. The summed E-state index contributed by atoms with van der Waals surface area (Å²) in [5.41, 5.74) is 1.08. The molecule has 0 bridgehead atoms. The topological polar surface area (TPSA) is 47.6 Å². The Morgan fingerprint density at radius 3 is 2.46 bits per heavy atom. The lowest BCUT2D eigenvalue weighted by Gasteiger charge is -2.10. The van der Waals surface area contributed by atoms with E-state index in [9.17, 15) is 4.79 Å². The molecule has 0 fully saturated rings. The van der Waals surface area contributed by atoms with Crippen molar-refractivity contribution >= 4 is 29.3 Å². The Balaban J connectivity index is 1.75. The summed E-state index contributed by atoms with van der Waals surface area (Å²) in [5.74, 6) is 1.79. The van der Waals surface area contributed by atoms with Crippen molar-refractivity contribution < 1.29 is 14.3 Å². The van der Waals surface area contributed by atoms with Gasteiger partial charge in [-0.2, -0.15) is 0 Å². The van der Waals surface area contributed by atoms with E-state index in [1.807, 2.05) is 42.5 Å². The molecule has 0 aliphatic carbocycles. The van der Waals surface area contributed by atoms with Crippen LogP contribution < -0.4 is 14.8 Å². The average molecular weight is 366 g/mol. The minimum atomic E-state index is 0.00965. The van der Waals surface area contributed by atoms with Crippen molar-refractivity contribution in [2.75, 3.05) is 26.5 Å². The predicted octanol–water partition coefficient (Wildman–Crippen LogP) is 3.81. The van der Waals surface area contributed by atoms with Crippen molar-refractivity contribution in [2.24, 2.45) is 0 Å². The number of amides is 1. The summed E-state index contributed by atoms with van der Waals surface area (Å²) in [7, 11) is 3.22. The Morgan fingerprint density at radius 2 is 1.79 bits per heavy atom. The molecular formula is C18H20ClNO3S. The third-order valence-electron chi connectivity index (χ3n) is 3.37. The van der Waals surface area contributed by atoms with Crippen LogP contribution in [0.4, 0.5) is 0 Å². The van der Waals surface area contributed by atoms with E-state index in [-0.39, 0.29) is 5.91 Å². The zero-order chi connectivity index (χ0) is 17.4. The number of carbonyl (C=O) groups excluding carboxylic acids is 1. The van der Waals surface area contributed by atoms with Gasteiger partial charge < -0.3 is 14.8 Å². The largest absolute Gasteiger partial charge is 0.493 e. The fourth-order valence-corrected chi connectivity index (χ4v) is 2.97. The Morgan fingerprint density at radius 1 is 1.08 bits per heavy atom. The summed E-state index contributed by atoms with van der Waals surface area (Å²) in [6.45, 7) is 0.579. The first-order valence-electron chi connectivity index (χ1n) is 7.48. The molecule has 0 aliphatic heterocycles. The molecule has 0 atom stereocenters. The van der Waals surface area contributed by atoms with E-state index in [0.29, 0.717) is 28.8 Å². The number of hydrogen-bond acceptors (Lipinski definition) is 4. The van der Waals surface area contributed by atoms with E-state index in [4.69, 9.17) is 21.1 Å². The molecule has 1 N–H and O–H groups in total. The second kappa shape index (κ2) is 9.45. The molecule has 0 unspecified atom stereocenters. The highest BCUT2D eigenvalue weighted by Gasteiger charge is 2.06. The van der Waals surface area contributed by atoms with Gasteiger partial charge in [-0.25, -0.2) is 0 Å². The molecule has 0 saturated carbocycles. The Hall–Kier alpha value is -1.85. The van der Waals surface area contributed by atoms with E-state index in [1.54, 1.807) is 14.2 Å². The van der Waals surface area contributed by atoms with Gasteiger partial charge >= 0.3 is 0 Å². The van der Waals surface area contributed by atoms with Crippen LogP contribution in [0.3, 0.4) is 0 Å². The van der Waals surface area contributed by atoms with Gasteiger partial charge in [0.15, 0.2) is 11.5 Å². The first kappa shape index (κ1) is 18.5. The highest BCUT2D eigenvalue weighted by molar-refractivity contribution is 8.00. The third kappa shape index (κ3) is 5.65. The fourth-order valence-electron chi connectivity index (χ4n) is 2.11. The van der Waals surface area contributed by atoms with E-state index < -0.39 is 0 Å². The quantitative estimate of drug-likeness (QED) is 0.723. The van der Waals surface area contributed by atoms with Crippen LogP contribution in [-0.2, 0) is 11.2 Å². The van der Waals surface area contributed by atoms with Gasteiger partial charge in [0.2, 0.25) is 5.91 Å². The lowest BCUT2D eigenvalue weighted by Crippen LogP contribution is -2.27. The first-order chi connectivity index (χ1) is 11.6. The van der Waals surface area contributed by atoms with Crippen LogP contribution in [-0.4, -0.2) is 32.4 Å². The van der Waals surface area contributed by atoms with Crippen LogP contribution >= 0.6 is 23.4 Å². The summed E-state index contributed by atoms with van der Waals surface area (Å²) in [5, 5.41) is 3.61. The third-order valence-corrected chi connectivity index (χ3v) is 4.63. The van der Waals surface area contributed by atoms with E-state index in [1.165, 1.54) is 11.8 Å². The second-order valence-electron chi connectivity index (χ2n) is 5.03. The number of benzene rings is 2. The molecule has 0 spiro atoms. The molecule has 0 heterocycles. The smallest absolute Gasteiger partial charge is 0.230 e. The van der Waals surface area contributed by atoms with Crippen molar-refractivity contribution in [2.45, 2.75) is 11.3 Å². The number of thioether (sulfide) groups is 1. The monoisotopic (exact) mass is 365 g/mol. The maximum absolute atomic E-state index is 11.9. The lowest BCUT2D eigenvalue weighted by molar-refractivity contribution is -0.118. The van der Waals surface area contributed by atoms with Gasteiger partial charge in [-0.05, 0) is 48.4 Å². The van der Waals surface area contributed by atoms with Gasteiger partial charge in [0, 0.05) is 16.5 Å². The Kier molecular flexibility index (Phi) is 7.28. The van der Waals surface area contributed by atoms with Crippen molar-refractivity contribution in [3.63, 3.8) is 0 Å². The van der Waals surface area contributed by atoms with Crippen molar-refractivity contribution in [1.29, 1.82) is 0 Å². The van der Waals surface area contributed by atoms with Crippen LogP contribution in [0.2, 0.25) is 5.02 Å². The van der Waals surface area contributed by atoms with E-state index >= 15 is 0 Å². The molecule has 6 heteroatoms. The summed E-state index contributed by atoms with van der Waals surface area (Å²) >= 11 is 7.32. The molecule has 2 aromatic rings. The normalized spacial score (nSPS) is 10.3. The molecule has 0 radical (unpaired) electrons. The van der Waals surface area contributed by atoms with Gasteiger partial charge in [0.05, 0.1) is 20.0 Å². The van der Waals surface area contributed by atoms with Crippen LogP contribution in [0.5, 0.6) is 11.5 Å². The van der Waals surface area contributed by atoms with E-state index in [2.05, 4.69) is 5.32 Å². The minimum Gasteiger partial charge on any atom is -0.493 e. The summed E-state index contributed by atoms with van der Waals surface area (Å²) in [6.07, 6.45) is 0.734. The molecule has 4 nitrogen and oxygen atoms in total. The predicted molar refractivity (Wildman–Crippen MR) is 98.4 cm³/mol. The Bertz CT molecular complexity index is 676. The number of ether oxygens (including phenoxy) is 2. The van der Waals surface area contributed by atoms with Gasteiger partial charge in [-0.1, -0.05) is 17.7 Å². The zero-order valence-corrected chi connectivity index (χ0v) is 15.2. The van der Waals surface area contributed by atoms with E-state index in [0.717, 1.165) is 16.9 Å². The molecule has 24 heavy (non-hydrogen) atoms. The SMILES string of the molecule is COc1ccc(CCNC(=O)CSc2ccc(Cl)cc2)cc1OC. The highest BCUT2D eigenvalue weighted by atomic mass is 35.5. The Labute approximate surface area is 151 Å². The van der Waals surface area contributed by atoms with Gasteiger partial charge in [0.25, 0.3) is 0 Å². The maximum atomic E-state index is 11.9. The van der Waals surface area contributed by atoms with Gasteiger partial charge in [-0.15, -0.1) is 11.8 Å². The van der Waals surface area contributed by atoms with Crippen molar-refractivity contribution in [1.82, 2.24) is 5.32 Å². The van der Waals surface area contributed by atoms with Crippen LogP contribution in [0.25, 0.3) is 0 Å². The standard InChI is InChI=1S/C18H20ClNO3S/c1-22-16-8-3-13(11-17(16)23-2)9-10-20-18(21)12-24-15-6-4-14(19)5-7-15/h3-8,11H,9-10,12H2,1-2H3,(H,20,21). The molecule has 2 aromatic carbocycles. The molecule has 128 valence electrons. The maximum Gasteiger partial charge on any atom is 0.230 e. The number of hydrogen-bond donors (Lipinski definition) is 1. The molecular weight excluding hydrogens is 346 g/mol. The summed E-state index contributed by atoms with van der Waals surface area (Å²) in [6, 6.07) is 13.2. The van der Waals surface area contributed by atoms with Gasteiger partial charge in [-0.3, -0.25) is 4.79 Å². The van der Waals surface area contributed by atoms with Crippen LogP contribution in [0, 0.1) is 0 Å². The number of nitrogens with one attached hydrogen (secondary N) is 1. The molecule has 0 saturated heterocycles. The minimum absolute atomic E-state index is 0.00965. The zero-order valence-electron chi connectivity index (χ0n) is 13.7. The number of carbonyl (C=O) groups is 1. The first-order valence-corrected chi connectivity index (χ1v) is 8.84. The fraction of sp³-hybridized carbons (Fsp3) is 0.278. The van der Waals surface area contributed by atoms with Crippen molar-refractivity contribution in [3.05, 3.63) is 53.1 Å². The second-order valence-corrected chi connectivity index (χ2v) is 6.52. The number of halogens is 1. The molecule has 1 amide bonds. The molecule has 0 aliphatic rings. The average Bonchev–Trinajstić information content (AvgIpc) is 2.61.